The second-order valence-electron chi connectivity index (χ2n) is 10.0. The second-order valence-corrected chi connectivity index (χ2v) is 11.1. The van der Waals surface area contributed by atoms with Crippen molar-refractivity contribution in [2.45, 2.75) is 77.6 Å². The first-order valence-electron chi connectivity index (χ1n) is 13.6. The lowest BCUT2D eigenvalue weighted by atomic mass is 10.1. The molecule has 2 aromatic heterocycles. The number of fused-ring (bicyclic) bond motifs is 3. The summed E-state index contributed by atoms with van der Waals surface area (Å²) in [6, 6.07) is 10.5. The van der Waals surface area contributed by atoms with E-state index in [2.05, 4.69) is 47.1 Å². The molecule has 3 aromatic rings. The molecule has 0 radical (unpaired) electrons. The molecule has 6 heteroatoms. The zero-order chi connectivity index (χ0) is 24.0. The third-order valence-corrected chi connectivity index (χ3v) is 8.66. The van der Waals surface area contributed by atoms with Crippen LogP contribution >= 0.6 is 11.3 Å². The van der Waals surface area contributed by atoms with E-state index >= 15 is 0 Å². The lowest BCUT2D eigenvalue weighted by Gasteiger charge is -2.36. The van der Waals surface area contributed by atoms with Gasteiger partial charge in [-0.05, 0) is 43.2 Å². The first-order chi connectivity index (χ1) is 17.2. The summed E-state index contributed by atoms with van der Waals surface area (Å²) in [5, 5.41) is 1.29. The van der Waals surface area contributed by atoms with Gasteiger partial charge in [-0.3, -0.25) is 4.79 Å². The van der Waals surface area contributed by atoms with Crippen LogP contribution in [0.3, 0.4) is 0 Å². The first-order valence-corrected chi connectivity index (χ1v) is 14.4. The maximum atomic E-state index is 12.7. The number of anilines is 1. The Morgan fingerprint density at radius 1 is 0.943 bits per heavy atom. The van der Waals surface area contributed by atoms with E-state index in [1.165, 1.54) is 59.9 Å². The number of amides is 1. The van der Waals surface area contributed by atoms with E-state index in [-0.39, 0.29) is 0 Å². The minimum atomic E-state index is 0.322. The number of thiophene rings is 1. The van der Waals surface area contributed by atoms with Crippen molar-refractivity contribution >= 4 is 33.3 Å². The number of aryl methyl sites for hydroxylation is 2. The highest BCUT2D eigenvalue weighted by Gasteiger charge is 2.27. The summed E-state index contributed by atoms with van der Waals surface area (Å²) in [7, 11) is 0. The molecule has 0 bridgehead atoms. The van der Waals surface area contributed by atoms with Crippen molar-refractivity contribution in [2.75, 3.05) is 31.1 Å². The van der Waals surface area contributed by atoms with Crippen LogP contribution in [0.25, 0.3) is 10.2 Å². The highest BCUT2D eigenvalue weighted by molar-refractivity contribution is 7.19. The van der Waals surface area contributed by atoms with Gasteiger partial charge in [0.15, 0.2) is 0 Å². The number of rotatable bonds is 8. The Bertz CT molecular complexity index is 1130. The Balaban J connectivity index is 1.39. The monoisotopic (exact) mass is 490 g/mol. The summed E-state index contributed by atoms with van der Waals surface area (Å²) in [5.41, 5.74) is 2.74. The molecular weight excluding hydrogens is 452 g/mol. The molecule has 2 aliphatic rings. The van der Waals surface area contributed by atoms with Gasteiger partial charge < -0.3 is 9.80 Å². The second kappa shape index (κ2) is 11.5. The van der Waals surface area contributed by atoms with Gasteiger partial charge in [0.05, 0.1) is 5.39 Å². The standard InChI is InChI=1S/C29H38N4OS/c1-2-3-4-11-16-26(34)32-17-19-33(20-18-32)28-27-23-14-9-6-10-15-24(23)35-29(27)31-25(30-28)21-22-12-7-5-8-13-22/h5,7-8,12-13H,2-4,6,9-11,14-21H2,1H3. The summed E-state index contributed by atoms with van der Waals surface area (Å²) < 4.78 is 0. The number of carbonyl (C=O) groups is 1. The van der Waals surface area contributed by atoms with Crippen LogP contribution < -0.4 is 4.90 Å². The van der Waals surface area contributed by atoms with Crippen LogP contribution in [-0.2, 0) is 24.1 Å². The van der Waals surface area contributed by atoms with Gasteiger partial charge in [0.1, 0.15) is 16.5 Å². The number of hydrogen-bond acceptors (Lipinski definition) is 5. The molecule has 1 amide bonds. The van der Waals surface area contributed by atoms with Gasteiger partial charge in [-0.1, -0.05) is 62.9 Å². The zero-order valence-electron chi connectivity index (χ0n) is 21.1. The third kappa shape index (κ3) is 5.69. The highest BCUT2D eigenvalue weighted by atomic mass is 32.1. The van der Waals surface area contributed by atoms with Crippen LogP contribution in [0, 0.1) is 0 Å². The van der Waals surface area contributed by atoms with Crippen molar-refractivity contribution in [3.8, 4) is 0 Å². The average Bonchev–Trinajstić information content (AvgIpc) is 3.07. The van der Waals surface area contributed by atoms with Gasteiger partial charge in [0.25, 0.3) is 0 Å². The third-order valence-electron chi connectivity index (χ3n) is 7.47. The summed E-state index contributed by atoms with van der Waals surface area (Å²) in [4.78, 5) is 30.2. The van der Waals surface area contributed by atoms with E-state index < -0.39 is 0 Å². The van der Waals surface area contributed by atoms with E-state index in [9.17, 15) is 4.79 Å². The molecule has 35 heavy (non-hydrogen) atoms. The largest absolute Gasteiger partial charge is 0.352 e. The summed E-state index contributed by atoms with van der Waals surface area (Å²) in [6.45, 7) is 5.49. The van der Waals surface area contributed by atoms with Gasteiger partial charge >= 0.3 is 0 Å². The van der Waals surface area contributed by atoms with Gasteiger partial charge in [-0.25, -0.2) is 9.97 Å². The van der Waals surface area contributed by atoms with Crippen LogP contribution in [0.1, 0.15) is 80.1 Å². The fourth-order valence-electron chi connectivity index (χ4n) is 5.47. The molecule has 5 rings (SSSR count). The van der Waals surface area contributed by atoms with Crippen molar-refractivity contribution in [1.82, 2.24) is 14.9 Å². The molecule has 3 heterocycles. The Kier molecular flexibility index (Phi) is 7.97. The van der Waals surface area contributed by atoms with E-state index in [0.29, 0.717) is 12.3 Å². The number of benzene rings is 1. The van der Waals surface area contributed by atoms with Crippen molar-refractivity contribution in [1.29, 1.82) is 0 Å². The molecule has 0 unspecified atom stereocenters. The molecule has 5 nitrogen and oxygen atoms in total. The Labute approximate surface area is 213 Å². The molecule has 1 aliphatic heterocycles. The number of unbranched alkanes of at least 4 members (excludes halogenated alkanes) is 3. The van der Waals surface area contributed by atoms with Gasteiger partial charge in [-0.2, -0.15) is 0 Å². The quantitative estimate of drug-likeness (QED) is 0.280. The topological polar surface area (TPSA) is 49.3 Å². The summed E-state index contributed by atoms with van der Waals surface area (Å²) in [6.07, 6.45) is 12.2. The SMILES string of the molecule is CCCCCCC(=O)N1CCN(c2nc(Cc3ccccc3)nc3sc4c(c23)CCCCC4)CC1. The molecule has 1 saturated heterocycles. The predicted octanol–water partition coefficient (Wildman–Crippen LogP) is 6.17. The molecule has 1 aromatic carbocycles. The van der Waals surface area contributed by atoms with Crippen LogP contribution in [0.4, 0.5) is 5.82 Å². The van der Waals surface area contributed by atoms with Crippen LogP contribution in [0.2, 0.25) is 0 Å². The summed E-state index contributed by atoms with van der Waals surface area (Å²) >= 11 is 1.89. The normalized spacial score (nSPS) is 16.4. The van der Waals surface area contributed by atoms with E-state index in [1.807, 2.05) is 11.3 Å². The van der Waals surface area contributed by atoms with Gasteiger partial charge in [-0.15, -0.1) is 11.3 Å². The number of carbonyl (C=O) groups excluding carboxylic acids is 1. The van der Waals surface area contributed by atoms with E-state index in [1.54, 1.807) is 0 Å². The molecular formula is C29H38N4OS. The van der Waals surface area contributed by atoms with Gasteiger partial charge in [0.2, 0.25) is 5.91 Å². The fourth-order valence-corrected chi connectivity index (χ4v) is 6.75. The Morgan fingerprint density at radius 2 is 1.74 bits per heavy atom. The minimum Gasteiger partial charge on any atom is -0.352 e. The molecule has 0 atom stereocenters. The smallest absolute Gasteiger partial charge is 0.222 e. The van der Waals surface area contributed by atoms with E-state index in [0.717, 1.165) is 68.3 Å². The van der Waals surface area contributed by atoms with Gasteiger partial charge in [0, 0.05) is 43.9 Å². The Hall–Kier alpha value is -2.47. The fraction of sp³-hybridized carbons (Fsp3) is 0.552. The Morgan fingerprint density at radius 3 is 2.54 bits per heavy atom. The number of hydrogen-bond donors (Lipinski definition) is 0. The molecule has 1 fully saturated rings. The maximum absolute atomic E-state index is 12.7. The van der Waals surface area contributed by atoms with Crippen LogP contribution in [-0.4, -0.2) is 47.0 Å². The average molecular weight is 491 g/mol. The van der Waals surface area contributed by atoms with Crippen LogP contribution in [0.5, 0.6) is 0 Å². The van der Waals surface area contributed by atoms with E-state index in [4.69, 9.17) is 9.97 Å². The molecule has 0 N–H and O–H groups in total. The number of piperazine rings is 1. The molecule has 0 saturated carbocycles. The van der Waals surface area contributed by atoms with Crippen molar-refractivity contribution in [3.63, 3.8) is 0 Å². The first kappa shape index (κ1) is 24.2. The molecule has 186 valence electrons. The van der Waals surface area contributed by atoms with Crippen LogP contribution in [0.15, 0.2) is 30.3 Å². The number of aromatic nitrogens is 2. The molecule has 1 aliphatic carbocycles. The number of nitrogens with zero attached hydrogens (tertiary/aromatic N) is 4. The van der Waals surface area contributed by atoms with Crippen molar-refractivity contribution < 1.29 is 4.79 Å². The molecule has 0 spiro atoms. The maximum Gasteiger partial charge on any atom is 0.222 e. The van der Waals surface area contributed by atoms with Crippen molar-refractivity contribution in [2.24, 2.45) is 0 Å². The van der Waals surface area contributed by atoms with Crippen molar-refractivity contribution in [3.05, 3.63) is 52.2 Å². The zero-order valence-corrected chi connectivity index (χ0v) is 21.9. The lowest BCUT2D eigenvalue weighted by molar-refractivity contribution is -0.131. The predicted molar refractivity (Wildman–Crippen MR) is 145 cm³/mol. The highest BCUT2D eigenvalue weighted by Crippen LogP contribution is 2.39. The summed E-state index contributed by atoms with van der Waals surface area (Å²) in [5.74, 6) is 2.34. The minimum absolute atomic E-state index is 0.322. The lowest BCUT2D eigenvalue weighted by Crippen LogP contribution is -2.49.